The largest absolute Gasteiger partial charge is 0.269 e. The lowest BCUT2D eigenvalue weighted by molar-refractivity contribution is -0.384. The third-order valence-corrected chi connectivity index (χ3v) is 5.35. The van der Waals surface area contributed by atoms with Gasteiger partial charge in [0.15, 0.2) is 0 Å². The molecule has 0 heterocycles. The minimum absolute atomic E-state index is 0.134. The Morgan fingerprint density at radius 3 is 1.93 bits per heavy atom. The molecule has 3 aromatic carbocycles. The number of nitrogens with zero attached hydrogens (tertiary/aromatic N) is 1. The van der Waals surface area contributed by atoms with Crippen LogP contribution in [0.5, 0.6) is 0 Å². The number of hydrogen-bond donors (Lipinski definition) is 1. The van der Waals surface area contributed by atoms with Gasteiger partial charge in [0.25, 0.3) is 5.69 Å². The van der Waals surface area contributed by atoms with Gasteiger partial charge in [0.05, 0.1) is 16.7 Å². The van der Waals surface area contributed by atoms with Crippen molar-refractivity contribution < 1.29 is 13.3 Å². The van der Waals surface area contributed by atoms with E-state index in [1.165, 1.54) is 18.2 Å². The second-order valence-corrected chi connectivity index (χ2v) is 7.81. The van der Waals surface area contributed by atoms with Crippen LogP contribution in [0.1, 0.15) is 22.7 Å². The number of sulfonamides is 1. The van der Waals surface area contributed by atoms with E-state index in [2.05, 4.69) is 4.72 Å². The molecule has 0 aliphatic rings. The first-order chi connectivity index (χ1) is 12.9. The fraction of sp³-hybridized carbons (Fsp3) is 0.100. The smallest absolute Gasteiger partial charge is 0.258 e. The first kappa shape index (κ1) is 18.8. The Morgan fingerprint density at radius 1 is 0.852 bits per heavy atom. The Morgan fingerprint density at radius 2 is 1.41 bits per heavy atom. The highest BCUT2D eigenvalue weighted by atomic mass is 32.2. The predicted octanol–water partition coefficient (Wildman–Crippen LogP) is 3.80. The van der Waals surface area contributed by atoms with Gasteiger partial charge in [-0.15, -0.1) is 0 Å². The monoisotopic (exact) mass is 382 g/mol. The van der Waals surface area contributed by atoms with Gasteiger partial charge < -0.3 is 0 Å². The Balaban J connectivity index is 1.89. The highest BCUT2D eigenvalue weighted by molar-refractivity contribution is 7.88. The van der Waals surface area contributed by atoms with E-state index in [4.69, 9.17) is 0 Å². The maximum absolute atomic E-state index is 12.8. The number of rotatable bonds is 7. The molecular formula is C20H18N2O4S. The second-order valence-electron chi connectivity index (χ2n) is 6.06. The van der Waals surface area contributed by atoms with Gasteiger partial charge in [-0.3, -0.25) is 10.1 Å². The summed E-state index contributed by atoms with van der Waals surface area (Å²) < 4.78 is 28.2. The van der Waals surface area contributed by atoms with Crippen LogP contribution in [-0.4, -0.2) is 13.3 Å². The van der Waals surface area contributed by atoms with Gasteiger partial charge in [0.2, 0.25) is 10.0 Å². The summed E-state index contributed by atoms with van der Waals surface area (Å²) in [5, 5.41) is 10.9. The molecule has 0 saturated carbocycles. The van der Waals surface area contributed by atoms with Gasteiger partial charge >= 0.3 is 0 Å². The number of benzene rings is 3. The summed E-state index contributed by atoms with van der Waals surface area (Å²) in [7, 11) is -3.75. The Hall–Kier alpha value is -3.03. The van der Waals surface area contributed by atoms with E-state index in [1.807, 2.05) is 60.7 Å². The highest BCUT2D eigenvalue weighted by Crippen LogP contribution is 2.24. The summed E-state index contributed by atoms with van der Waals surface area (Å²) in [6, 6.07) is 23.6. The van der Waals surface area contributed by atoms with Crippen molar-refractivity contribution in [3.8, 4) is 0 Å². The lowest BCUT2D eigenvalue weighted by Crippen LogP contribution is -2.30. The molecular weight excluding hydrogens is 364 g/mol. The van der Waals surface area contributed by atoms with Crippen molar-refractivity contribution in [1.82, 2.24) is 4.72 Å². The van der Waals surface area contributed by atoms with Gasteiger partial charge in [-0.25, -0.2) is 13.1 Å². The number of hydrogen-bond acceptors (Lipinski definition) is 4. The highest BCUT2D eigenvalue weighted by Gasteiger charge is 2.22. The van der Waals surface area contributed by atoms with E-state index in [9.17, 15) is 18.5 Å². The fourth-order valence-electron chi connectivity index (χ4n) is 2.82. The first-order valence-corrected chi connectivity index (χ1v) is 9.93. The number of nitro groups is 1. The van der Waals surface area contributed by atoms with Crippen molar-refractivity contribution in [3.63, 3.8) is 0 Å². The fourth-order valence-corrected chi connectivity index (χ4v) is 4.15. The van der Waals surface area contributed by atoms with Crippen LogP contribution in [0, 0.1) is 10.1 Å². The van der Waals surface area contributed by atoms with Crippen LogP contribution in [0.4, 0.5) is 5.69 Å². The van der Waals surface area contributed by atoms with E-state index >= 15 is 0 Å². The second kappa shape index (κ2) is 8.11. The molecule has 27 heavy (non-hydrogen) atoms. The summed E-state index contributed by atoms with van der Waals surface area (Å²) in [5.74, 6) is -0.342. The molecule has 0 atom stereocenters. The molecule has 0 spiro atoms. The third kappa shape index (κ3) is 4.99. The molecule has 1 N–H and O–H groups in total. The van der Waals surface area contributed by atoms with Crippen LogP contribution in [0.25, 0.3) is 0 Å². The average molecular weight is 382 g/mol. The van der Waals surface area contributed by atoms with E-state index in [1.54, 1.807) is 6.07 Å². The van der Waals surface area contributed by atoms with Crippen LogP contribution in [0.15, 0.2) is 84.9 Å². The van der Waals surface area contributed by atoms with Gasteiger partial charge in [-0.2, -0.15) is 0 Å². The molecule has 0 unspecified atom stereocenters. The lowest BCUT2D eigenvalue weighted by atomic mass is 10.00. The minimum atomic E-state index is -3.75. The van der Waals surface area contributed by atoms with E-state index in [0.717, 1.165) is 11.1 Å². The first-order valence-electron chi connectivity index (χ1n) is 8.28. The SMILES string of the molecule is O=[N+]([O-])c1cccc(CS(=O)(=O)NC(c2ccccc2)c2ccccc2)c1. The van der Waals surface area contributed by atoms with Crippen molar-refractivity contribution in [3.05, 3.63) is 112 Å². The number of nitro benzene ring substituents is 1. The van der Waals surface area contributed by atoms with Crippen LogP contribution in [-0.2, 0) is 15.8 Å². The topological polar surface area (TPSA) is 89.3 Å². The molecule has 0 saturated heterocycles. The van der Waals surface area contributed by atoms with Crippen molar-refractivity contribution in [1.29, 1.82) is 0 Å². The van der Waals surface area contributed by atoms with Crippen LogP contribution >= 0.6 is 0 Å². The van der Waals surface area contributed by atoms with Crippen molar-refractivity contribution in [2.75, 3.05) is 0 Å². The summed E-state index contributed by atoms with van der Waals surface area (Å²) in [6.45, 7) is 0. The third-order valence-electron chi connectivity index (χ3n) is 4.04. The molecule has 0 aromatic heterocycles. The molecule has 0 bridgehead atoms. The summed E-state index contributed by atoms with van der Waals surface area (Å²) in [4.78, 5) is 10.4. The lowest BCUT2D eigenvalue weighted by Gasteiger charge is -2.20. The van der Waals surface area contributed by atoms with Gasteiger partial charge in [-0.05, 0) is 16.7 Å². The summed E-state index contributed by atoms with van der Waals surface area (Å²) in [6.07, 6.45) is 0. The molecule has 0 radical (unpaired) electrons. The zero-order chi connectivity index (χ0) is 19.3. The predicted molar refractivity (Wildman–Crippen MR) is 104 cm³/mol. The average Bonchev–Trinajstić information content (AvgIpc) is 2.67. The quantitative estimate of drug-likeness (QED) is 0.497. The minimum Gasteiger partial charge on any atom is -0.258 e. The molecule has 3 aromatic rings. The number of non-ortho nitro benzene ring substituents is 1. The zero-order valence-corrected chi connectivity index (χ0v) is 15.2. The summed E-state index contributed by atoms with van der Waals surface area (Å²) in [5.41, 5.74) is 1.85. The van der Waals surface area contributed by atoms with Crippen molar-refractivity contribution >= 4 is 15.7 Å². The molecule has 6 nitrogen and oxygen atoms in total. The Bertz CT molecular complexity index is 983. The van der Waals surface area contributed by atoms with E-state index < -0.39 is 21.0 Å². The Kier molecular flexibility index (Phi) is 5.63. The summed E-state index contributed by atoms with van der Waals surface area (Å²) >= 11 is 0. The normalized spacial score (nSPS) is 11.4. The van der Waals surface area contributed by atoms with E-state index in [-0.39, 0.29) is 11.4 Å². The van der Waals surface area contributed by atoms with Crippen molar-refractivity contribution in [2.45, 2.75) is 11.8 Å². The maximum atomic E-state index is 12.8. The van der Waals surface area contributed by atoms with Crippen LogP contribution in [0.2, 0.25) is 0 Å². The van der Waals surface area contributed by atoms with E-state index in [0.29, 0.717) is 5.56 Å². The molecule has 7 heteroatoms. The van der Waals surface area contributed by atoms with Crippen molar-refractivity contribution in [2.24, 2.45) is 0 Å². The maximum Gasteiger partial charge on any atom is 0.269 e. The van der Waals surface area contributed by atoms with Gasteiger partial charge in [0, 0.05) is 12.1 Å². The van der Waals surface area contributed by atoms with Crippen LogP contribution in [0.3, 0.4) is 0 Å². The van der Waals surface area contributed by atoms with Gasteiger partial charge in [0.1, 0.15) is 0 Å². The zero-order valence-electron chi connectivity index (χ0n) is 14.4. The molecule has 0 aliphatic heterocycles. The van der Waals surface area contributed by atoms with Crippen LogP contribution < -0.4 is 4.72 Å². The molecule has 138 valence electrons. The standard InChI is InChI=1S/C20H18N2O4S/c23-22(24)19-13-7-8-16(14-19)15-27(25,26)21-20(17-9-3-1-4-10-17)18-11-5-2-6-12-18/h1-14,20-21H,15H2. The Labute approximate surface area is 157 Å². The molecule has 0 amide bonds. The molecule has 3 rings (SSSR count). The molecule has 0 aliphatic carbocycles. The van der Waals surface area contributed by atoms with Gasteiger partial charge in [-0.1, -0.05) is 72.8 Å². The number of nitrogens with one attached hydrogen (secondary N) is 1. The molecule has 0 fully saturated rings.